The molecule has 3 nitrogen and oxygen atoms in total. The van der Waals surface area contributed by atoms with E-state index < -0.39 is 0 Å². The molecule has 1 aliphatic rings. The lowest BCUT2D eigenvalue weighted by molar-refractivity contribution is 0.294. The first-order valence-electron chi connectivity index (χ1n) is 7.78. The lowest BCUT2D eigenvalue weighted by atomic mass is 9.79. The van der Waals surface area contributed by atoms with Gasteiger partial charge in [0.25, 0.3) is 0 Å². The second kappa shape index (κ2) is 7.41. The summed E-state index contributed by atoms with van der Waals surface area (Å²) in [6, 6.07) is 0. The molecule has 4 heteroatoms. The second-order valence-corrected chi connectivity index (χ2v) is 6.27. The highest BCUT2D eigenvalue weighted by Gasteiger charge is 2.26. The lowest BCUT2D eigenvalue weighted by Crippen LogP contribution is -2.17. The molecule has 0 aromatic carbocycles. The Labute approximate surface area is 125 Å². The molecule has 1 fully saturated rings. The molecule has 1 aliphatic carbocycles. The van der Waals surface area contributed by atoms with E-state index in [1.54, 1.807) is 0 Å². The summed E-state index contributed by atoms with van der Waals surface area (Å²) >= 11 is 3.50. The Morgan fingerprint density at radius 1 is 1.16 bits per heavy atom. The molecule has 0 aliphatic heterocycles. The van der Waals surface area contributed by atoms with E-state index in [0.29, 0.717) is 5.92 Å². The van der Waals surface area contributed by atoms with Crippen molar-refractivity contribution in [2.75, 3.05) is 0 Å². The van der Waals surface area contributed by atoms with Crippen LogP contribution in [-0.2, 0) is 11.9 Å². The van der Waals surface area contributed by atoms with Gasteiger partial charge in [-0.15, -0.1) is 10.2 Å². The Hall–Kier alpha value is -0.380. The van der Waals surface area contributed by atoms with Gasteiger partial charge in [0, 0.05) is 12.5 Å². The Kier molecular flexibility index (Phi) is 5.86. The average molecular weight is 328 g/mol. The molecule has 2 rings (SSSR count). The zero-order valence-electron chi connectivity index (χ0n) is 12.2. The molecule has 0 saturated heterocycles. The smallest absolute Gasteiger partial charge is 0.143 e. The van der Waals surface area contributed by atoms with Gasteiger partial charge in [0.2, 0.25) is 0 Å². The van der Waals surface area contributed by atoms with Gasteiger partial charge in [-0.3, -0.25) is 0 Å². The first kappa shape index (κ1) is 15.0. The Bertz CT molecular complexity index is 381. The number of rotatable bonds is 6. The fourth-order valence-corrected chi connectivity index (χ4v) is 3.71. The first-order chi connectivity index (χ1) is 9.30. The van der Waals surface area contributed by atoms with Gasteiger partial charge in [-0.1, -0.05) is 42.1 Å². The van der Waals surface area contributed by atoms with Crippen molar-refractivity contribution < 1.29 is 0 Å². The third-order valence-electron chi connectivity index (χ3n) is 4.47. The highest BCUT2D eigenvalue weighted by atomic mass is 79.9. The van der Waals surface area contributed by atoms with E-state index in [9.17, 15) is 0 Å². The Morgan fingerprint density at radius 3 is 2.47 bits per heavy atom. The minimum atomic E-state index is 0.637. The van der Waals surface area contributed by atoms with Crippen molar-refractivity contribution in [3.63, 3.8) is 0 Å². The SMILES string of the molecule is CCCCC1CCC(c2nnc(CBr)n2CC)CC1. The summed E-state index contributed by atoms with van der Waals surface area (Å²) in [6.45, 7) is 5.46. The molecule has 0 radical (unpaired) electrons. The molecule has 1 aromatic heterocycles. The minimum absolute atomic E-state index is 0.637. The van der Waals surface area contributed by atoms with Crippen molar-refractivity contribution >= 4 is 15.9 Å². The summed E-state index contributed by atoms with van der Waals surface area (Å²) in [4.78, 5) is 0. The van der Waals surface area contributed by atoms with Gasteiger partial charge in [-0.25, -0.2) is 0 Å². The van der Waals surface area contributed by atoms with E-state index >= 15 is 0 Å². The van der Waals surface area contributed by atoms with Crippen molar-refractivity contribution in [2.24, 2.45) is 5.92 Å². The van der Waals surface area contributed by atoms with Gasteiger partial charge in [-0.05, 0) is 38.5 Å². The van der Waals surface area contributed by atoms with Crippen LogP contribution in [0, 0.1) is 5.92 Å². The van der Waals surface area contributed by atoms with Gasteiger partial charge >= 0.3 is 0 Å². The van der Waals surface area contributed by atoms with E-state index in [-0.39, 0.29) is 0 Å². The molecule has 108 valence electrons. The first-order valence-corrected chi connectivity index (χ1v) is 8.90. The maximum atomic E-state index is 4.45. The van der Waals surface area contributed by atoms with Crippen LogP contribution in [-0.4, -0.2) is 14.8 Å². The highest BCUT2D eigenvalue weighted by Crippen LogP contribution is 2.37. The number of hydrogen-bond acceptors (Lipinski definition) is 2. The molecule has 0 atom stereocenters. The average Bonchev–Trinajstić information content (AvgIpc) is 2.88. The number of unbranched alkanes of at least 4 members (excludes halogenated alkanes) is 1. The van der Waals surface area contributed by atoms with Gasteiger partial charge in [0.05, 0.1) is 5.33 Å². The number of halogens is 1. The quantitative estimate of drug-likeness (QED) is 0.711. The van der Waals surface area contributed by atoms with E-state index in [1.165, 1.54) is 50.8 Å². The fraction of sp³-hybridized carbons (Fsp3) is 0.867. The molecule has 19 heavy (non-hydrogen) atoms. The third kappa shape index (κ3) is 3.59. The summed E-state index contributed by atoms with van der Waals surface area (Å²) in [7, 11) is 0. The summed E-state index contributed by atoms with van der Waals surface area (Å²) < 4.78 is 2.30. The molecular formula is C15H26BrN3. The maximum absolute atomic E-state index is 4.45. The summed E-state index contributed by atoms with van der Waals surface area (Å²) in [6.07, 6.45) is 9.52. The summed E-state index contributed by atoms with van der Waals surface area (Å²) in [5, 5.41) is 9.57. The van der Waals surface area contributed by atoms with Gasteiger partial charge in [0.15, 0.2) is 0 Å². The number of alkyl halides is 1. The molecule has 0 spiro atoms. The van der Waals surface area contributed by atoms with Crippen molar-refractivity contribution in [3.8, 4) is 0 Å². The third-order valence-corrected chi connectivity index (χ3v) is 4.97. The van der Waals surface area contributed by atoms with Crippen molar-refractivity contribution in [2.45, 2.75) is 76.6 Å². The number of nitrogens with zero attached hydrogens (tertiary/aromatic N) is 3. The van der Waals surface area contributed by atoms with Crippen LogP contribution in [0.4, 0.5) is 0 Å². The Balaban J connectivity index is 1.95. The molecule has 0 unspecified atom stereocenters. The number of aromatic nitrogens is 3. The predicted octanol–water partition coefficient (Wildman–Crippen LogP) is 4.66. The van der Waals surface area contributed by atoms with Crippen LogP contribution in [0.3, 0.4) is 0 Å². The highest BCUT2D eigenvalue weighted by molar-refractivity contribution is 9.08. The summed E-state index contributed by atoms with van der Waals surface area (Å²) in [5.74, 6) is 3.90. The maximum Gasteiger partial charge on any atom is 0.143 e. The van der Waals surface area contributed by atoms with Gasteiger partial charge in [-0.2, -0.15) is 0 Å². The Morgan fingerprint density at radius 2 is 1.89 bits per heavy atom. The van der Waals surface area contributed by atoms with Crippen molar-refractivity contribution in [1.82, 2.24) is 14.8 Å². The molecular weight excluding hydrogens is 302 g/mol. The largest absolute Gasteiger partial charge is 0.314 e. The topological polar surface area (TPSA) is 30.7 Å². The normalized spacial score (nSPS) is 23.7. The van der Waals surface area contributed by atoms with Crippen LogP contribution in [0.2, 0.25) is 0 Å². The standard InChI is InChI=1S/C15H26BrN3/c1-3-5-6-12-7-9-13(10-8-12)15-18-17-14(11-16)19(15)4-2/h12-13H,3-11H2,1-2H3. The monoisotopic (exact) mass is 327 g/mol. The van der Waals surface area contributed by atoms with Gasteiger partial charge < -0.3 is 4.57 Å². The zero-order valence-corrected chi connectivity index (χ0v) is 13.8. The molecule has 1 aromatic rings. The van der Waals surface area contributed by atoms with E-state index in [4.69, 9.17) is 0 Å². The summed E-state index contributed by atoms with van der Waals surface area (Å²) in [5.41, 5.74) is 0. The van der Waals surface area contributed by atoms with Crippen LogP contribution in [0.15, 0.2) is 0 Å². The van der Waals surface area contributed by atoms with E-state index in [1.807, 2.05) is 0 Å². The lowest BCUT2D eigenvalue weighted by Gasteiger charge is -2.28. The second-order valence-electron chi connectivity index (χ2n) is 5.71. The van der Waals surface area contributed by atoms with E-state index in [2.05, 4.69) is 44.5 Å². The van der Waals surface area contributed by atoms with Gasteiger partial charge in [0.1, 0.15) is 11.6 Å². The van der Waals surface area contributed by atoms with Crippen LogP contribution >= 0.6 is 15.9 Å². The predicted molar refractivity (Wildman–Crippen MR) is 82.6 cm³/mol. The number of hydrogen-bond donors (Lipinski definition) is 0. The van der Waals surface area contributed by atoms with Crippen LogP contribution in [0.5, 0.6) is 0 Å². The zero-order chi connectivity index (χ0) is 13.7. The van der Waals surface area contributed by atoms with Crippen molar-refractivity contribution in [3.05, 3.63) is 11.6 Å². The molecule has 0 bridgehead atoms. The molecule has 1 saturated carbocycles. The molecule has 1 heterocycles. The minimum Gasteiger partial charge on any atom is -0.314 e. The fourth-order valence-electron chi connectivity index (χ4n) is 3.30. The van der Waals surface area contributed by atoms with E-state index in [0.717, 1.165) is 23.6 Å². The van der Waals surface area contributed by atoms with Crippen LogP contribution in [0.25, 0.3) is 0 Å². The van der Waals surface area contributed by atoms with Crippen molar-refractivity contribution in [1.29, 1.82) is 0 Å². The van der Waals surface area contributed by atoms with Crippen LogP contribution in [0.1, 0.15) is 76.4 Å². The molecule has 0 N–H and O–H groups in total. The molecule has 0 amide bonds. The van der Waals surface area contributed by atoms with Crippen LogP contribution < -0.4 is 0 Å².